The molecule has 1 saturated heterocycles. The Bertz CT molecular complexity index is 1170. The molecule has 4 rings (SSSR count). The van der Waals surface area contributed by atoms with E-state index in [0.717, 1.165) is 5.56 Å². The SMILES string of the molecule is C[C@H](O)C(=O)Nc1cccc(CN2C(=O)[C@@]3(O[C@@H](CCO)[C@H]([Si](C)(C)F)[C@H]3C)c3cc(Cl)ccc32)c1. The molecule has 3 N–H and O–H groups in total. The Morgan fingerprint density at radius 1 is 1.31 bits per heavy atom. The highest BCUT2D eigenvalue weighted by Gasteiger charge is 2.66. The van der Waals surface area contributed by atoms with Crippen molar-refractivity contribution in [1.82, 2.24) is 0 Å². The number of halogens is 2. The van der Waals surface area contributed by atoms with Gasteiger partial charge in [0.25, 0.3) is 11.8 Å². The number of ether oxygens (including phenoxy) is 1. The number of hydrogen-bond acceptors (Lipinski definition) is 5. The number of nitrogens with zero attached hydrogens (tertiary/aromatic N) is 1. The van der Waals surface area contributed by atoms with Gasteiger partial charge in [0.15, 0.2) is 5.60 Å². The third-order valence-corrected chi connectivity index (χ3v) is 9.94. The molecular formula is C26H32ClFN2O5Si. The minimum atomic E-state index is -3.27. The number of fused-ring (bicyclic) bond motifs is 2. The quantitative estimate of drug-likeness (QED) is 0.362. The van der Waals surface area contributed by atoms with E-state index >= 15 is 4.11 Å². The summed E-state index contributed by atoms with van der Waals surface area (Å²) in [5, 5.41) is 22.2. The lowest BCUT2D eigenvalue weighted by molar-refractivity contribution is -0.146. The number of anilines is 2. The molecule has 1 fully saturated rings. The fourth-order valence-electron chi connectivity index (χ4n) is 5.75. The molecule has 1 spiro atoms. The first kappa shape index (κ1) is 26.8. The summed E-state index contributed by atoms with van der Waals surface area (Å²) in [5.74, 6) is -1.29. The van der Waals surface area contributed by atoms with Crippen LogP contribution in [0.4, 0.5) is 15.5 Å². The summed E-state index contributed by atoms with van der Waals surface area (Å²) in [5.41, 5.74) is 0.596. The average molecular weight is 535 g/mol. The summed E-state index contributed by atoms with van der Waals surface area (Å²) in [6, 6.07) is 12.2. The third-order valence-electron chi connectivity index (χ3n) is 7.25. The number of aliphatic hydroxyl groups excluding tert-OH is 2. The van der Waals surface area contributed by atoms with Gasteiger partial charge in [0.1, 0.15) is 6.10 Å². The lowest BCUT2D eigenvalue weighted by atomic mass is 9.82. The predicted molar refractivity (Wildman–Crippen MR) is 139 cm³/mol. The van der Waals surface area contributed by atoms with Crippen LogP contribution < -0.4 is 10.2 Å². The first-order valence-corrected chi connectivity index (χ1v) is 15.4. The number of amides is 2. The van der Waals surface area contributed by atoms with Gasteiger partial charge in [-0.3, -0.25) is 9.59 Å². The summed E-state index contributed by atoms with van der Waals surface area (Å²) in [7, 11) is -3.27. The van der Waals surface area contributed by atoms with Gasteiger partial charge < -0.3 is 29.3 Å². The molecule has 10 heteroatoms. The van der Waals surface area contributed by atoms with Crippen LogP contribution in [0.2, 0.25) is 23.7 Å². The number of nitrogens with one attached hydrogen (secondary N) is 1. The second kappa shape index (κ2) is 9.87. The predicted octanol–water partition coefficient (Wildman–Crippen LogP) is 4.36. The average Bonchev–Trinajstić information content (AvgIpc) is 3.21. The van der Waals surface area contributed by atoms with Gasteiger partial charge in [-0.1, -0.05) is 30.7 Å². The third kappa shape index (κ3) is 4.59. The van der Waals surface area contributed by atoms with Crippen molar-refractivity contribution < 1.29 is 28.6 Å². The van der Waals surface area contributed by atoms with Crippen LogP contribution in [-0.2, 0) is 26.5 Å². The van der Waals surface area contributed by atoms with Crippen LogP contribution in [-0.4, -0.2) is 49.2 Å². The van der Waals surface area contributed by atoms with E-state index in [9.17, 15) is 19.8 Å². The van der Waals surface area contributed by atoms with Crippen molar-refractivity contribution >= 4 is 43.2 Å². The molecular weight excluding hydrogens is 503 g/mol. The highest BCUT2D eigenvalue weighted by Crippen LogP contribution is 2.60. The molecule has 7 nitrogen and oxygen atoms in total. The Morgan fingerprint density at radius 2 is 2.03 bits per heavy atom. The van der Waals surface area contributed by atoms with E-state index in [1.54, 1.807) is 54.4 Å². The van der Waals surface area contributed by atoms with E-state index < -0.39 is 43.6 Å². The Hall–Kier alpha value is -2.30. The molecule has 2 aromatic rings. The summed E-state index contributed by atoms with van der Waals surface area (Å²) in [6.45, 7) is 6.49. The van der Waals surface area contributed by atoms with Crippen molar-refractivity contribution in [1.29, 1.82) is 0 Å². The fraction of sp³-hybridized carbons (Fsp3) is 0.462. The van der Waals surface area contributed by atoms with E-state index in [0.29, 0.717) is 22.0 Å². The van der Waals surface area contributed by atoms with Gasteiger partial charge in [0, 0.05) is 34.3 Å². The second-order valence-electron chi connectivity index (χ2n) is 10.2. The normalized spacial score (nSPS) is 26.4. The van der Waals surface area contributed by atoms with Crippen LogP contribution in [0.15, 0.2) is 42.5 Å². The topological polar surface area (TPSA) is 99.1 Å². The maximum atomic E-state index is 15.6. The lowest BCUT2D eigenvalue weighted by Crippen LogP contribution is -2.45. The number of hydrogen-bond donors (Lipinski definition) is 3. The van der Waals surface area contributed by atoms with Crippen LogP contribution in [0, 0.1) is 5.92 Å². The lowest BCUT2D eigenvalue weighted by Gasteiger charge is -2.31. The molecule has 0 radical (unpaired) electrons. The highest BCUT2D eigenvalue weighted by molar-refractivity contribution is 6.72. The van der Waals surface area contributed by atoms with E-state index in [4.69, 9.17) is 16.3 Å². The Labute approximate surface area is 216 Å². The summed E-state index contributed by atoms with van der Waals surface area (Å²) in [6.07, 6.45) is -1.51. The Morgan fingerprint density at radius 3 is 2.67 bits per heavy atom. The zero-order valence-electron chi connectivity index (χ0n) is 20.8. The van der Waals surface area contributed by atoms with E-state index in [-0.39, 0.29) is 25.5 Å². The number of carbonyl (C=O) groups is 2. The Balaban J connectivity index is 1.74. The molecule has 0 bridgehead atoms. The molecule has 2 aliphatic rings. The van der Waals surface area contributed by atoms with Gasteiger partial charge >= 0.3 is 0 Å². The van der Waals surface area contributed by atoms with Crippen LogP contribution in [0.1, 0.15) is 31.4 Å². The van der Waals surface area contributed by atoms with Crippen molar-refractivity contribution in [3.63, 3.8) is 0 Å². The maximum Gasteiger partial charge on any atom is 0.264 e. The van der Waals surface area contributed by atoms with Gasteiger partial charge in [-0.25, -0.2) is 0 Å². The molecule has 2 amide bonds. The van der Waals surface area contributed by atoms with Crippen LogP contribution in [0.3, 0.4) is 0 Å². The standard InChI is InChI=1S/C26H32ClFN2O5Si/c1-15-23(36(3,4)28)22(10-11-31)35-26(15)20-13-18(27)8-9-21(20)30(25(26)34)14-17-6-5-7-19(12-17)29-24(33)16(2)32/h5-9,12-13,15-16,22-23,31-32H,10-11,14H2,1-4H3,(H,29,33)/t15-,16+,22+,23-,26+/m1/s1. The molecule has 0 unspecified atom stereocenters. The number of aliphatic hydroxyl groups is 2. The maximum absolute atomic E-state index is 15.6. The van der Waals surface area contributed by atoms with E-state index in [1.165, 1.54) is 6.92 Å². The van der Waals surface area contributed by atoms with Crippen molar-refractivity contribution in [2.75, 3.05) is 16.8 Å². The molecule has 2 heterocycles. The van der Waals surface area contributed by atoms with Crippen molar-refractivity contribution in [3.05, 3.63) is 58.6 Å². The van der Waals surface area contributed by atoms with Crippen molar-refractivity contribution in [2.45, 2.75) is 63.3 Å². The van der Waals surface area contributed by atoms with Crippen molar-refractivity contribution in [2.24, 2.45) is 5.92 Å². The molecule has 0 saturated carbocycles. The second-order valence-corrected chi connectivity index (χ2v) is 14.4. The molecule has 2 aliphatic heterocycles. The molecule has 194 valence electrons. The van der Waals surface area contributed by atoms with Gasteiger partial charge in [0.2, 0.25) is 8.41 Å². The van der Waals surface area contributed by atoms with Gasteiger partial charge in [-0.15, -0.1) is 0 Å². The number of benzene rings is 2. The Kier molecular flexibility index (Phi) is 7.33. The van der Waals surface area contributed by atoms with Crippen molar-refractivity contribution in [3.8, 4) is 0 Å². The van der Waals surface area contributed by atoms with Gasteiger partial charge in [-0.2, -0.15) is 0 Å². The molecule has 36 heavy (non-hydrogen) atoms. The zero-order chi connectivity index (χ0) is 26.4. The van der Waals surface area contributed by atoms with Gasteiger partial charge in [-0.05, 0) is 62.3 Å². The smallest absolute Gasteiger partial charge is 0.264 e. The molecule has 5 atom stereocenters. The first-order chi connectivity index (χ1) is 16.9. The van der Waals surface area contributed by atoms with Gasteiger partial charge in [0.05, 0.1) is 18.3 Å². The van der Waals surface area contributed by atoms with Crippen LogP contribution in [0.25, 0.3) is 0 Å². The minimum absolute atomic E-state index is 0.167. The number of rotatable bonds is 7. The minimum Gasteiger partial charge on any atom is -0.396 e. The largest absolute Gasteiger partial charge is 0.396 e. The van der Waals surface area contributed by atoms with Crippen LogP contribution >= 0.6 is 11.6 Å². The van der Waals surface area contributed by atoms with E-state index in [2.05, 4.69) is 5.32 Å². The summed E-state index contributed by atoms with van der Waals surface area (Å²) >= 11 is 6.36. The highest BCUT2D eigenvalue weighted by atomic mass is 35.5. The number of carbonyl (C=O) groups excluding carboxylic acids is 2. The summed E-state index contributed by atoms with van der Waals surface area (Å²) in [4.78, 5) is 27.7. The monoisotopic (exact) mass is 534 g/mol. The van der Waals surface area contributed by atoms with E-state index in [1.807, 2.05) is 13.0 Å². The zero-order valence-corrected chi connectivity index (χ0v) is 22.6. The fourth-order valence-corrected chi connectivity index (χ4v) is 8.46. The molecule has 2 aromatic carbocycles. The molecule has 0 aromatic heterocycles. The van der Waals surface area contributed by atoms with Crippen LogP contribution in [0.5, 0.6) is 0 Å². The summed E-state index contributed by atoms with van der Waals surface area (Å²) < 4.78 is 22.0. The first-order valence-electron chi connectivity index (χ1n) is 12.1. The molecule has 0 aliphatic carbocycles.